The molecule has 0 amide bonds. The molecule has 1 N–H and O–H groups in total. The summed E-state index contributed by atoms with van der Waals surface area (Å²) < 4.78 is 5.93. The van der Waals surface area contributed by atoms with Crippen LogP contribution >= 0.6 is 0 Å². The first-order valence-corrected chi connectivity index (χ1v) is 9.64. The van der Waals surface area contributed by atoms with E-state index in [0.29, 0.717) is 6.04 Å². The number of carbonyl (C=O) groups is 1. The summed E-state index contributed by atoms with van der Waals surface area (Å²) in [4.78, 5) is 15.5. The number of aliphatic carboxylic acids is 1. The van der Waals surface area contributed by atoms with Crippen LogP contribution in [0, 0.1) is 0 Å². The van der Waals surface area contributed by atoms with Crippen molar-refractivity contribution in [3.05, 3.63) is 60.2 Å². The topological polar surface area (TPSA) is 53.0 Å². The van der Waals surface area contributed by atoms with E-state index in [2.05, 4.69) is 21.9 Å². The van der Waals surface area contributed by atoms with E-state index in [4.69, 9.17) is 9.84 Å². The van der Waals surface area contributed by atoms with E-state index in [1.54, 1.807) is 0 Å². The molecule has 0 unspecified atom stereocenters. The molecule has 0 radical (unpaired) electrons. The fourth-order valence-corrected chi connectivity index (χ4v) is 3.71. The van der Waals surface area contributed by atoms with Gasteiger partial charge in [-0.3, -0.25) is 14.6 Å². The minimum absolute atomic E-state index is 0.139. The van der Waals surface area contributed by atoms with Crippen LogP contribution in [0.15, 0.2) is 54.6 Å². The Balaban J connectivity index is 1.53. The Bertz CT molecular complexity index is 727. The highest BCUT2D eigenvalue weighted by Gasteiger charge is 2.25. The van der Waals surface area contributed by atoms with Crippen LogP contribution in [0.4, 0.5) is 0 Å². The fourth-order valence-electron chi connectivity index (χ4n) is 3.71. The average molecular weight is 368 g/mol. The molecule has 1 heterocycles. The molecule has 0 aliphatic carbocycles. The highest BCUT2D eigenvalue weighted by Crippen LogP contribution is 2.24. The average Bonchev–Trinajstić information content (AvgIpc) is 2.68. The molecule has 3 rings (SSSR count). The van der Waals surface area contributed by atoms with E-state index >= 15 is 0 Å². The number of carboxylic acids is 1. The number of para-hydroxylation sites is 1. The van der Waals surface area contributed by atoms with Gasteiger partial charge in [-0.15, -0.1) is 0 Å². The van der Waals surface area contributed by atoms with Crippen molar-refractivity contribution in [2.45, 2.75) is 32.4 Å². The molecule has 5 nitrogen and oxygen atoms in total. The van der Waals surface area contributed by atoms with Crippen molar-refractivity contribution in [1.82, 2.24) is 9.80 Å². The first kappa shape index (κ1) is 19.4. The van der Waals surface area contributed by atoms with Gasteiger partial charge < -0.3 is 9.84 Å². The lowest BCUT2D eigenvalue weighted by molar-refractivity contribution is -0.139. The second-order valence-electron chi connectivity index (χ2n) is 7.03. The Morgan fingerprint density at radius 3 is 2.48 bits per heavy atom. The fraction of sp³-hybridized carbons (Fsp3) is 0.409. The minimum atomic E-state index is -0.741. The van der Waals surface area contributed by atoms with Crippen molar-refractivity contribution in [3.8, 4) is 11.5 Å². The van der Waals surface area contributed by atoms with Gasteiger partial charge >= 0.3 is 5.97 Å². The van der Waals surface area contributed by atoms with Crippen LogP contribution in [0.25, 0.3) is 0 Å². The van der Waals surface area contributed by atoms with E-state index < -0.39 is 5.97 Å². The molecule has 0 saturated carbocycles. The summed E-state index contributed by atoms with van der Waals surface area (Å²) in [6, 6.07) is 18.4. The quantitative estimate of drug-likeness (QED) is 0.767. The van der Waals surface area contributed by atoms with Crippen LogP contribution in [-0.2, 0) is 11.3 Å². The Morgan fingerprint density at radius 1 is 1.11 bits per heavy atom. The van der Waals surface area contributed by atoms with Crippen LogP contribution in [0.5, 0.6) is 11.5 Å². The van der Waals surface area contributed by atoms with Crippen LogP contribution < -0.4 is 4.74 Å². The highest BCUT2D eigenvalue weighted by atomic mass is 16.5. The molecule has 1 aliphatic heterocycles. The summed E-state index contributed by atoms with van der Waals surface area (Å²) >= 11 is 0. The van der Waals surface area contributed by atoms with E-state index in [-0.39, 0.29) is 6.54 Å². The maximum Gasteiger partial charge on any atom is 0.317 e. The van der Waals surface area contributed by atoms with Gasteiger partial charge in [-0.2, -0.15) is 0 Å². The number of rotatable bonds is 8. The molecular weight excluding hydrogens is 340 g/mol. The van der Waals surface area contributed by atoms with E-state index in [0.717, 1.165) is 50.5 Å². The van der Waals surface area contributed by atoms with Crippen molar-refractivity contribution < 1.29 is 14.6 Å². The van der Waals surface area contributed by atoms with Gasteiger partial charge in [0.1, 0.15) is 11.5 Å². The first-order valence-electron chi connectivity index (χ1n) is 9.64. The number of nitrogens with zero attached hydrogens (tertiary/aromatic N) is 2. The van der Waals surface area contributed by atoms with Crippen LogP contribution in [0.3, 0.4) is 0 Å². The first-order chi connectivity index (χ1) is 13.1. The lowest BCUT2D eigenvalue weighted by Crippen LogP contribution is -2.46. The number of hydrogen-bond acceptors (Lipinski definition) is 4. The van der Waals surface area contributed by atoms with Gasteiger partial charge in [0.25, 0.3) is 0 Å². The molecule has 5 heteroatoms. The van der Waals surface area contributed by atoms with Crippen LogP contribution in [0.2, 0.25) is 0 Å². The van der Waals surface area contributed by atoms with Crippen molar-refractivity contribution in [1.29, 1.82) is 0 Å². The molecule has 0 aromatic heterocycles. The molecule has 2 aromatic rings. The zero-order valence-electron chi connectivity index (χ0n) is 15.9. The van der Waals surface area contributed by atoms with Gasteiger partial charge in [0.05, 0.1) is 6.54 Å². The van der Waals surface area contributed by atoms with E-state index in [1.165, 1.54) is 5.56 Å². The van der Waals surface area contributed by atoms with Crippen molar-refractivity contribution in [2.24, 2.45) is 0 Å². The zero-order valence-corrected chi connectivity index (χ0v) is 15.9. The number of hydrogen-bond donors (Lipinski definition) is 1. The molecule has 0 bridgehead atoms. The van der Waals surface area contributed by atoms with Gasteiger partial charge in [0, 0.05) is 12.6 Å². The highest BCUT2D eigenvalue weighted by molar-refractivity contribution is 5.69. The summed E-state index contributed by atoms with van der Waals surface area (Å²) in [7, 11) is 0. The van der Waals surface area contributed by atoms with Crippen molar-refractivity contribution >= 4 is 5.97 Å². The molecule has 1 saturated heterocycles. The molecule has 144 valence electrons. The standard InChI is InChI=1S/C22H28N2O3/c1-2-24(17-22(25)26)19-11-13-23(14-12-19)16-18-7-6-10-21(15-18)27-20-8-4-3-5-9-20/h3-10,15,19H,2,11-14,16-17H2,1H3,(H,25,26). The Morgan fingerprint density at radius 2 is 1.81 bits per heavy atom. The molecular formula is C22H28N2O3. The number of likely N-dealkylation sites (N-methyl/N-ethyl adjacent to an activating group) is 1. The van der Waals surface area contributed by atoms with E-state index in [1.807, 2.05) is 49.4 Å². The smallest absolute Gasteiger partial charge is 0.317 e. The van der Waals surface area contributed by atoms with E-state index in [9.17, 15) is 4.79 Å². The SMILES string of the molecule is CCN(CC(=O)O)C1CCN(Cc2cccc(Oc3ccccc3)c2)CC1. The summed E-state index contributed by atoms with van der Waals surface area (Å²) in [6.07, 6.45) is 2.03. The largest absolute Gasteiger partial charge is 0.480 e. The van der Waals surface area contributed by atoms with Gasteiger partial charge in [-0.25, -0.2) is 0 Å². The molecule has 0 spiro atoms. The van der Waals surface area contributed by atoms with Crippen molar-refractivity contribution in [3.63, 3.8) is 0 Å². The molecule has 1 aliphatic rings. The minimum Gasteiger partial charge on any atom is -0.480 e. The Hall–Kier alpha value is -2.37. The summed E-state index contributed by atoms with van der Waals surface area (Å²) in [6.45, 7) is 5.84. The second kappa shape index (κ2) is 9.53. The normalized spacial score (nSPS) is 15.8. The number of benzene rings is 2. The Labute approximate surface area is 161 Å². The van der Waals surface area contributed by atoms with Gasteiger partial charge in [0.2, 0.25) is 0 Å². The monoisotopic (exact) mass is 368 g/mol. The van der Waals surface area contributed by atoms with Crippen molar-refractivity contribution in [2.75, 3.05) is 26.2 Å². The number of piperidine rings is 1. The lowest BCUT2D eigenvalue weighted by Gasteiger charge is -2.37. The predicted octanol–water partition coefficient (Wildman–Crippen LogP) is 3.85. The van der Waals surface area contributed by atoms with Gasteiger partial charge in [0.15, 0.2) is 0 Å². The maximum absolute atomic E-state index is 11.0. The van der Waals surface area contributed by atoms with Gasteiger partial charge in [-0.05, 0) is 62.3 Å². The predicted molar refractivity (Wildman–Crippen MR) is 106 cm³/mol. The summed E-state index contributed by atoms with van der Waals surface area (Å²) in [5, 5.41) is 9.06. The third-order valence-electron chi connectivity index (χ3n) is 5.10. The third kappa shape index (κ3) is 5.81. The number of carboxylic acid groups (broad SMARTS) is 1. The molecule has 0 atom stereocenters. The third-order valence-corrected chi connectivity index (χ3v) is 5.10. The van der Waals surface area contributed by atoms with Crippen LogP contribution in [-0.4, -0.2) is 53.1 Å². The summed E-state index contributed by atoms with van der Waals surface area (Å²) in [5.41, 5.74) is 1.24. The van der Waals surface area contributed by atoms with Gasteiger partial charge in [-0.1, -0.05) is 37.3 Å². The molecule has 2 aromatic carbocycles. The molecule has 1 fully saturated rings. The Kier molecular flexibility index (Phi) is 6.85. The second-order valence-corrected chi connectivity index (χ2v) is 7.03. The lowest BCUT2D eigenvalue weighted by atomic mass is 10.0. The number of ether oxygens (including phenoxy) is 1. The number of likely N-dealkylation sites (tertiary alicyclic amines) is 1. The van der Waals surface area contributed by atoms with Crippen LogP contribution in [0.1, 0.15) is 25.3 Å². The zero-order chi connectivity index (χ0) is 19.1. The summed E-state index contributed by atoms with van der Waals surface area (Å²) in [5.74, 6) is 0.954. The molecule has 27 heavy (non-hydrogen) atoms. The maximum atomic E-state index is 11.0.